The third-order valence-electron chi connectivity index (χ3n) is 4.79. The van der Waals surface area contributed by atoms with Gasteiger partial charge in [0.25, 0.3) is 0 Å². The highest BCUT2D eigenvalue weighted by atomic mass is 127. The SMILES string of the molecule is CCNC(=NCC(C)(C)N1CCOCC1)N1CCC(C)(C)C1.I. The van der Waals surface area contributed by atoms with E-state index in [1.54, 1.807) is 0 Å². The molecule has 2 fully saturated rings. The minimum absolute atomic E-state index is 0. The molecule has 0 spiro atoms. The van der Waals surface area contributed by atoms with Gasteiger partial charge in [-0.15, -0.1) is 24.0 Å². The molecule has 0 aromatic heterocycles. The van der Waals surface area contributed by atoms with Gasteiger partial charge < -0.3 is 15.0 Å². The molecule has 0 radical (unpaired) electrons. The van der Waals surface area contributed by atoms with Crippen molar-refractivity contribution in [3.05, 3.63) is 0 Å². The van der Waals surface area contributed by atoms with Crippen LogP contribution in [0.5, 0.6) is 0 Å². The molecule has 0 aromatic carbocycles. The molecule has 5 nitrogen and oxygen atoms in total. The number of hydrogen-bond donors (Lipinski definition) is 1. The Kier molecular flexibility index (Phi) is 8.07. The summed E-state index contributed by atoms with van der Waals surface area (Å²) in [6.07, 6.45) is 1.24. The van der Waals surface area contributed by atoms with Crippen molar-refractivity contribution in [2.24, 2.45) is 10.4 Å². The van der Waals surface area contributed by atoms with Crippen LogP contribution in [0.1, 0.15) is 41.0 Å². The molecule has 0 bridgehead atoms. The molecular weight excluding hydrogens is 403 g/mol. The van der Waals surface area contributed by atoms with Crippen LogP contribution in [-0.4, -0.2) is 73.8 Å². The predicted octanol–water partition coefficient (Wildman–Crippen LogP) is 2.41. The average molecular weight is 438 g/mol. The van der Waals surface area contributed by atoms with E-state index < -0.39 is 0 Å². The highest BCUT2D eigenvalue weighted by molar-refractivity contribution is 14.0. The van der Waals surface area contributed by atoms with E-state index in [9.17, 15) is 0 Å². The minimum Gasteiger partial charge on any atom is -0.379 e. The zero-order valence-electron chi connectivity index (χ0n) is 15.5. The van der Waals surface area contributed by atoms with Crippen molar-refractivity contribution in [3.63, 3.8) is 0 Å². The van der Waals surface area contributed by atoms with Gasteiger partial charge in [0.15, 0.2) is 5.96 Å². The second-order valence-corrected chi connectivity index (χ2v) is 7.92. The zero-order valence-corrected chi connectivity index (χ0v) is 17.9. The number of guanidine groups is 1. The summed E-state index contributed by atoms with van der Waals surface area (Å²) in [5, 5.41) is 3.47. The summed E-state index contributed by atoms with van der Waals surface area (Å²) in [6.45, 7) is 19.1. The van der Waals surface area contributed by atoms with Crippen molar-refractivity contribution >= 4 is 29.9 Å². The highest BCUT2D eigenvalue weighted by Crippen LogP contribution is 2.28. The van der Waals surface area contributed by atoms with Gasteiger partial charge in [0.05, 0.1) is 19.8 Å². The summed E-state index contributed by atoms with van der Waals surface area (Å²) in [5.41, 5.74) is 0.482. The number of hydrogen-bond acceptors (Lipinski definition) is 3. The Balaban J connectivity index is 0.00000264. The summed E-state index contributed by atoms with van der Waals surface area (Å²) >= 11 is 0. The average Bonchev–Trinajstić information content (AvgIpc) is 2.84. The van der Waals surface area contributed by atoms with E-state index in [0.29, 0.717) is 5.41 Å². The van der Waals surface area contributed by atoms with E-state index in [1.165, 1.54) is 6.42 Å². The van der Waals surface area contributed by atoms with Crippen molar-refractivity contribution in [1.82, 2.24) is 15.1 Å². The zero-order chi connectivity index (χ0) is 16.2. The summed E-state index contributed by atoms with van der Waals surface area (Å²) < 4.78 is 5.47. The number of nitrogens with zero attached hydrogens (tertiary/aromatic N) is 3. The van der Waals surface area contributed by atoms with Gasteiger partial charge >= 0.3 is 0 Å². The smallest absolute Gasteiger partial charge is 0.193 e. The Morgan fingerprint density at radius 3 is 2.39 bits per heavy atom. The van der Waals surface area contributed by atoms with E-state index in [4.69, 9.17) is 9.73 Å². The number of halogens is 1. The Morgan fingerprint density at radius 1 is 1.22 bits per heavy atom. The summed E-state index contributed by atoms with van der Waals surface area (Å²) in [7, 11) is 0. The van der Waals surface area contributed by atoms with E-state index in [-0.39, 0.29) is 29.5 Å². The Labute approximate surface area is 159 Å². The van der Waals surface area contributed by atoms with Crippen molar-refractivity contribution in [2.45, 2.75) is 46.6 Å². The topological polar surface area (TPSA) is 40.1 Å². The maximum Gasteiger partial charge on any atom is 0.193 e. The lowest BCUT2D eigenvalue weighted by Gasteiger charge is -2.40. The van der Waals surface area contributed by atoms with Crippen LogP contribution in [0.3, 0.4) is 0 Å². The van der Waals surface area contributed by atoms with Gasteiger partial charge in [-0.2, -0.15) is 0 Å². The first-order valence-corrected chi connectivity index (χ1v) is 8.70. The monoisotopic (exact) mass is 438 g/mol. The molecule has 23 heavy (non-hydrogen) atoms. The number of aliphatic imine (C=N–C) groups is 1. The van der Waals surface area contributed by atoms with E-state index in [2.05, 4.69) is 49.7 Å². The summed E-state index contributed by atoms with van der Waals surface area (Å²) in [5.74, 6) is 1.08. The molecule has 2 saturated heterocycles. The van der Waals surface area contributed by atoms with E-state index in [0.717, 1.165) is 58.4 Å². The van der Waals surface area contributed by atoms with Gasteiger partial charge in [-0.1, -0.05) is 13.8 Å². The number of ether oxygens (including phenoxy) is 1. The summed E-state index contributed by atoms with van der Waals surface area (Å²) in [4.78, 5) is 9.87. The molecule has 0 atom stereocenters. The fourth-order valence-corrected chi connectivity index (χ4v) is 3.26. The van der Waals surface area contributed by atoms with E-state index in [1.807, 2.05) is 0 Å². The molecule has 6 heteroatoms. The van der Waals surface area contributed by atoms with Gasteiger partial charge in [0.2, 0.25) is 0 Å². The molecule has 0 saturated carbocycles. The standard InChI is InChI=1S/C17H34N4O.HI/c1-6-18-15(20-8-7-16(2,3)14-20)19-13-17(4,5)21-9-11-22-12-10-21;/h6-14H2,1-5H3,(H,18,19);1H. The molecule has 2 rings (SSSR count). The maximum absolute atomic E-state index is 5.47. The second-order valence-electron chi connectivity index (χ2n) is 7.92. The van der Waals surface area contributed by atoms with Crippen LogP contribution in [0.15, 0.2) is 4.99 Å². The van der Waals surface area contributed by atoms with Crippen LogP contribution < -0.4 is 5.32 Å². The fraction of sp³-hybridized carbons (Fsp3) is 0.941. The van der Waals surface area contributed by atoms with Crippen LogP contribution in [0.2, 0.25) is 0 Å². The van der Waals surface area contributed by atoms with Gasteiger partial charge in [-0.25, -0.2) is 0 Å². The fourth-order valence-electron chi connectivity index (χ4n) is 3.26. The molecule has 0 aliphatic carbocycles. The molecule has 2 aliphatic heterocycles. The van der Waals surface area contributed by atoms with Gasteiger partial charge in [-0.3, -0.25) is 9.89 Å². The molecular formula is C17H35IN4O. The van der Waals surface area contributed by atoms with Crippen molar-refractivity contribution < 1.29 is 4.74 Å². The van der Waals surface area contributed by atoms with Crippen molar-refractivity contribution in [1.29, 1.82) is 0 Å². The molecule has 2 aliphatic rings. The first kappa shape index (κ1) is 21.0. The Bertz CT molecular complexity index is 392. The first-order valence-electron chi connectivity index (χ1n) is 8.70. The van der Waals surface area contributed by atoms with Crippen LogP contribution in [0, 0.1) is 5.41 Å². The number of rotatable bonds is 4. The van der Waals surface area contributed by atoms with Gasteiger partial charge in [0, 0.05) is 38.3 Å². The van der Waals surface area contributed by atoms with Crippen molar-refractivity contribution in [2.75, 3.05) is 52.5 Å². The number of nitrogens with one attached hydrogen (secondary N) is 1. The van der Waals surface area contributed by atoms with Crippen LogP contribution in [-0.2, 0) is 4.74 Å². The predicted molar refractivity (Wildman–Crippen MR) is 108 cm³/mol. The number of likely N-dealkylation sites (tertiary alicyclic amines) is 1. The summed E-state index contributed by atoms with van der Waals surface area (Å²) in [6, 6.07) is 0. The molecule has 136 valence electrons. The lowest BCUT2D eigenvalue weighted by Crippen LogP contribution is -2.52. The third-order valence-corrected chi connectivity index (χ3v) is 4.79. The largest absolute Gasteiger partial charge is 0.379 e. The third kappa shape index (κ3) is 6.05. The quantitative estimate of drug-likeness (QED) is 0.416. The van der Waals surface area contributed by atoms with Crippen molar-refractivity contribution in [3.8, 4) is 0 Å². The van der Waals surface area contributed by atoms with Crippen LogP contribution >= 0.6 is 24.0 Å². The Morgan fingerprint density at radius 2 is 1.87 bits per heavy atom. The lowest BCUT2D eigenvalue weighted by atomic mass is 9.93. The first-order chi connectivity index (χ1) is 10.3. The Hall–Kier alpha value is -0.0800. The second kappa shape index (κ2) is 8.85. The molecule has 0 unspecified atom stereocenters. The molecule has 0 amide bonds. The van der Waals surface area contributed by atoms with E-state index >= 15 is 0 Å². The molecule has 2 heterocycles. The number of morpholine rings is 1. The molecule has 1 N–H and O–H groups in total. The minimum atomic E-state index is 0. The molecule has 0 aromatic rings. The van der Waals surface area contributed by atoms with Crippen LogP contribution in [0.25, 0.3) is 0 Å². The van der Waals surface area contributed by atoms with Gasteiger partial charge in [-0.05, 0) is 32.6 Å². The lowest BCUT2D eigenvalue weighted by molar-refractivity contribution is -0.00688. The van der Waals surface area contributed by atoms with Gasteiger partial charge in [0.1, 0.15) is 0 Å². The van der Waals surface area contributed by atoms with Crippen LogP contribution in [0.4, 0.5) is 0 Å². The normalized spacial score (nSPS) is 22.8. The maximum atomic E-state index is 5.47. The highest BCUT2D eigenvalue weighted by Gasteiger charge is 2.32.